The lowest BCUT2D eigenvalue weighted by Crippen LogP contribution is -2.30. The molecule has 2 rings (SSSR count). The van der Waals surface area contributed by atoms with Gasteiger partial charge in [-0.25, -0.2) is 14.6 Å². The van der Waals surface area contributed by atoms with Crippen LogP contribution in [-0.4, -0.2) is 32.1 Å². The number of imidazole rings is 1. The molecule has 0 spiro atoms. The minimum atomic E-state index is -1.17. The number of nitrogens with two attached hydrogens (primary N) is 1. The Morgan fingerprint density at radius 1 is 1.56 bits per heavy atom. The fourth-order valence-corrected chi connectivity index (χ4v) is 1.50. The predicted octanol–water partition coefficient (Wildman–Crippen LogP) is -1.57. The Morgan fingerprint density at radius 3 is 2.94 bits per heavy atom. The van der Waals surface area contributed by atoms with E-state index < -0.39 is 23.4 Å². The zero-order valence-corrected chi connectivity index (χ0v) is 9.47. The van der Waals surface area contributed by atoms with Gasteiger partial charge in [-0.1, -0.05) is 0 Å². The van der Waals surface area contributed by atoms with E-state index in [9.17, 15) is 14.4 Å². The third kappa shape index (κ3) is 1.91. The Labute approximate surface area is 99.6 Å². The minimum absolute atomic E-state index is 0.00523. The number of hydrogen-bond acceptors (Lipinski definition) is 6. The summed E-state index contributed by atoms with van der Waals surface area (Å²) in [4.78, 5) is 42.2. The van der Waals surface area contributed by atoms with Gasteiger partial charge in [-0.2, -0.15) is 0 Å². The van der Waals surface area contributed by atoms with Gasteiger partial charge in [-0.05, 0) is 6.92 Å². The van der Waals surface area contributed by atoms with Gasteiger partial charge in [0.1, 0.15) is 5.65 Å². The van der Waals surface area contributed by atoms with Crippen LogP contribution >= 0.6 is 0 Å². The molecule has 4 N–H and O–H groups in total. The summed E-state index contributed by atoms with van der Waals surface area (Å²) in [6.07, 6.45) is 0.0182. The second kappa shape index (κ2) is 4.45. The van der Waals surface area contributed by atoms with Crippen LogP contribution in [0.15, 0.2) is 15.9 Å². The Hall–Kier alpha value is -2.42. The number of hydrogen-bond donors (Lipinski definition) is 3. The molecule has 2 aromatic heterocycles. The Bertz CT molecular complexity index is 697. The second-order valence-corrected chi connectivity index (χ2v) is 3.45. The van der Waals surface area contributed by atoms with E-state index >= 15 is 0 Å². The molecular weight excluding hydrogens is 242 g/mol. The molecule has 0 aliphatic carbocycles. The summed E-state index contributed by atoms with van der Waals surface area (Å²) in [6, 6.07) is 0. The second-order valence-electron chi connectivity index (χ2n) is 3.45. The van der Waals surface area contributed by atoms with Crippen molar-refractivity contribution in [2.45, 2.75) is 13.1 Å². The van der Waals surface area contributed by atoms with Crippen molar-refractivity contribution < 1.29 is 9.53 Å². The largest absolute Gasteiger partial charge is 0.463 e. The van der Waals surface area contributed by atoms with E-state index in [0.717, 1.165) is 0 Å². The third-order valence-corrected chi connectivity index (χ3v) is 2.30. The van der Waals surface area contributed by atoms with E-state index in [1.807, 2.05) is 4.98 Å². The van der Waals surface area contributed by atoms with E-state index in [2.05, 4.69) is 9.97 Å². The van der Waals surface area contributed by atoms with Crippen LogP contribution in [0.5, 0.6) is 0 Å². The van der Waals surface area contributed by atoms with E-state index in [1.54, 1.807) is 6.92 Å². The van der Waals surface area contributed by atoms with Gasteiger partial charge in [-0.3, -0.25) is 19.3 Å². The van der Waals surface area contributed by atoms with Gasteiger partial charge in [-0.15, -0.1) is 0 Å². The summed E-state index contributed by atoms with van der Waals surface area (Å²) in [6.45, 7) is 1.82. The molecule has 96 valence electrons. The first kappa shape index (κ1) is 12.0. The molecule has 1 atom stereocenters. The molecule has 0 saturated carbocycles. The normalized spacial score (nSPS) is 12.6. The van der Waals surface area contributed by atoms with Gasteiger partial charge >= 0.3 is 11.7 Å². The summed E-state index contributed by atoms with van der Waals surface area (Å²) in [5, 5.41) is 0. The number of carbonyl (C=O) groups is 1. The first-order valence-corrected chi connectivity index (χ1v) is 5.16. The van der Waals surface area contributed by atoms with Gasteiger partial charge < -0.3 is 10.5 Å². The van der Waals surface area contributed by atoms with Crippen molar-refractivity contribution in [2.24, 2.45) is 5.73 Å². The van der Waals surface area contributed by atoms with Gasteiger partial charge in [0.15, 0.2) is 11.7 Å². The molecule has 0 amide bonds. The van der Waals surface area contributed by atoms with Crippen molar-refractivity contribution in [1.82, 2.24) is 19.5 Å². The average molecular weight is 253 g/mol. The maximum atomic E-state index is 11.5. The van der Waals surface area contributed by atoms with Crippen LogP contribution in [-0.2, 0) is 9.53 Å². The molecule has 0 aromatic carbocycles. The highest BCUT2D eigenvalue weighted by Gasteiger charge is 2.20. The van der Waals surface area contributed by atoms with E-state index in [4.69, 9.17) is 10.5 Å². The number of H-pyrrole nitrogens is 2. The first-order chi connectivity index (χ1) is 8.54. The smallest absolute Gasteiger partial charge is 0.344 e. The first-order valence-electron chi connectivity index (χ1n) is 5.16. The molecule has 1 unspecified atom stereocenters. The van der Waals surface area contributed by atoms with Crippen molar-refractivity contribution in [2.75, 3.05) is 6.61 Å². The fraction of sp³-hybridized carbons (Fsp3) is 0.333. The number of ether oxygens (including phenoxy) is 1. The predicted molar refractivity (Wildman–Crippen MR) is 60.8 cm³/mol. The van der Waals surface area contributed by atoms with Crippen molar-refractivity contribution >= 4 is 17.1 Å². The number of nitrogens with one attached hydrogen (secondary N) is 2. The number of aromatic amines is 2. The highest BCUT2D eigenvalue weighted by molar-refractivity contribution is 5.77. The average Bonchev–Trinajstić information content (AvgIpc) is 2.72. The number of esters is 1. The molecular formula is C9H11N5O4. The maximum Gasteiger partial charge on any atom is 0.344 e. The zero-order chi connectivity index (χ0) is 13.3. The van der Waals surface area contributed by atoms with E-state index in [-0.39, 0.29) is 17.8 Å². The highest BCUT2D eigenvalue weighted by atomic mass is 16.5. The van der Waals surface area contributed by atoms with Crippen LogP contribution in [0.25, 0.3) is 11.2 Å². The van der Waals surface area contributed by atoms with Crippen molar-refractivity contribution in [3.8, 4) is 0 Å². The number of carbonyl (C=O) groups excluding carboxylic acids is 1. The maximum absolute atomic E-state index is 11.5. The minimum Gasteiger partial charge on any atom is -0.463 e. The van der Waals surface area contributed by atoms with Gasteiger partial charge in [0.2, 0.25) is 0 Å². The molecule has 9 heteroatoms. The Morgan fingerprint density at radius 2 is 2.28 bits per heavy atom. The molecule has 0 bridgehead atoms. The molecule has 0 radical (unpaired) electrons. The zero-order valence-electron chi connectivity index (χ0n) is 9.47. The molecule has 0 aliphatic rings. The number of nitrogens with zero attached hydrogens (tertiary/aromatic N) is 2. The molecule has 2 heterocycles. The Balaban J connectivity index is 2.56. The van der Waals surface area contributed by atoms with Gasteiger partial charge in [0.25, 0.3) is 5.56 Å². The lowest BCUT2D eigenvalue weighted by molar-refractivity contribution is -0.146. The van der Waals surface area contributed by atoms with Crippen molar-refractivity contribution in [1.29, 1.82) is 0 Å². The van der Waals surface area contributed by atoms with E-state index in [1.165, 1.54) is 10.9 Å². The van der Waals surface area contributed by atoms with Crippen LogP contribution in [0.3, 0.4) is 0 Å². The molecule has 2 aromatic rings. The third-order valence-electron chi connectivity index (χ3n) is 2.30. The molecule has 18 heavy (non-hydrogen) atoms. The number of aromatic nitrogens is 4. The highest BCUT2D eigenvalue weighted by Crippen LogP contribution is 2.09. The Kier molecular flexibility index (Phi) is 2.98. The monoisotopic (exact) mass is 253 g/mol. The molecule has 0 aliphatic heterocycles. The summed E-state index contributed by atoms with van der Waals surface area (Å²) in [5.41, 5.74) is 4.36. The lowest BCUT2D eigenvalue weighted by atomic mass is 10.4. The molecule has 0 fully saturated rings. The number of rotatable bonds is 3. The van der Waals surface area contributed by atoms with Crippen LogP contribution in [0.2, 0.25) is 0 Å². The molecule has 9 nitrogen and oxygen atoms in total. The van der Waals surface area contributed by atoms with Crippen LogP contribution in [0.4, 0.5) is 0 Å². The quantitative estimate of drug-likeness (QED) is 0.565. The number of fused-ring (bicyclic) bond motifs is 1. The van der Waals surface area contributed by atoms with E-state index in [0.29, 0.717) is 0 Å². The van der Waals surface area contributed by atoms with Crippen molar-refractivity contribution in [3.05, 3.63) is 27.2 Å². The topological polar surface area (TPSA) is 136 Å². The summed E-state index contributed by atoms with van der Waals surface area (Å²) < 4.78 is 5.92. The van der Waals surface area contributed by atoms with Gasteiger partial charge in [0, 0.05) is 0 Å². The van der Waals surface area contributed by atoms with Crippen LogP contribution in [0.1, 0.15) is 13.1 Å². The lowest BCUT2D eigenvalue weighted by Gasteiger charge is -2.12. The summed E-state index contributed by atoms with van der Waals surface area (Å²) in [5.74, 6) is -0.682. The SMILES string of the molecule is CCOC(=O)C(N)n1cnc2c(=O)[nH]c(=O)[nH]c21. The van der Waals surface area contributed by atoms with Gasteiger partial charge in [0.05, 0.1) is 12.9 Å². The standard InChI is InChI=1S/C9H11N5O4/c1-2-18-8(16)5(10)14-3-11-4-6(14)12-9(17)13-7(4)15/h3,5H,2,10H2,1H3,(H2,12,13,15,17). The van der Waals surface area contributed by atoms with Crippen LogP contribution < -0.4 is 17.0 Å². The molecule has 0 saturated heterocycles. The van der Waals surface area contributed by atoms with Crippen molar-refractivity contribution in [3.63, 3.8) is 0 Å². The van der Waals surface area contributed by atoms with Crippen LogP contribution in [0, 0.1) is 0 Å². The summed E-state index contributed by atoms with van der Waals surface area (Å²) >= 11 is 0. The fourth-order valence-electron chi connectivity index (χ4n) is 1.50. The summed E-state index contributed by atoms with van der Waals surface area (Å²) in [7, 11) is 0.